The molecule has 126 valence electrons. The molecule has 0 aliphatic heterocycles. The average Bonchev–Trinajstić information content (AvgIpc) is 2.97. The number of benzene rings is 3. The van der Waals surface area contributed by atoms with E-state index >= 15 is 4.39 Å². The highest BCUT2D eigenvalue weighted by molar-refractivity contribution is 5.81. The van der Waals surface area contributed by atoms with Gasteiger partial charge in [0.2, 0.25) is 0 Å². The van der Waals surface area contributed by atoms with Gasteiger partial charge in [0, 0.05) is 17.5 Å². The van der Waals surface area contributed by atoms with E-state index in [9.17, 15) is 8.78 Å². The Kier molecular flexibility index (Phi) is 3.87. The molecule has 0 radical (unpaired) electrons. The van der Waals surface area contributed by atoms with Crippen molar-refractivity contribution in [3.05, 3.63) is 82.7 Å². The molecule has 0 fully saturated rings. The van der Waals surface area contributed by atoms with E-state index in [1.165, 1.54) is 11.6 Å². The maximum absolute atomic E-state index is 15.1. The van der Waals surface area contributed by atoms with E-state index in [4.69, 9.17) is 0 Å². The minimum atomic E-state index is -0.968. The van der Waals surface area contributed by atoms with E-state index in [-0.39, 0.29) is 5.82 Å². The second-order valence-corrected chi connectivity index (χ2v) is 6.50. The van der Waals surface area contributed by atoms with Crippen LogP contribution in [0.3, 0.4) is 0 Å². The lowest BCUT2D eigenvalue weighted by Gasteiger charge is -2.09. The van der Waals surface area contributed by atoms with Crippen molar-refractivity contribution in [2.75, 3.05) is 0 Å². The number of halogens is 3. The summed E-state index contributed by atoms with van der Waals surface area (Å²) >= 11 is 0. The highest BCUT2D eigenvalue weighted by Crippen LogP contribution is 2.41. The predicted octanol–water partition coefficient (Wildman–Crippen LogP) is 6.29. The molecular formula is C22H17F3. The van der Waals surface area contributed by atoms with Gasteiger partial charge in [-0.25, -0.2) is 13.2 Å². The van der Waals surface area contributed by atoms with Crippen LogP contribution in [0.2, 0.25) is 0 Å². The molecule has 1 aliphatic carbocycles. The third-order valence-electron chi connectivity index (χ3n) is 4.84. The number of hydrogen-bond donors (Lipinski definition) is 0. The van der Waals surface area contributed by atoms with Crippen LogP contribution in [0.5, 0.6) is 0 Å². The van der Waals surface area contributed by atoms with E-state index in [1.54, 1.807) is 6.07 Å². The maximum Gasteiger partial charge on any atom is 0.159 e. The van der Waals surface area contributed by atoms with Gasteiger partial charge >= 0.3 is 0 Å². The van der Waals surface area contributed by atoms with Crippen molar-refractivity contribution < 1.29 is 13.2 Å². The number of rotatable bonds is 3. The molecule has 0 nitrogen and oxygen atoms in total. The molecule has 0 saturated heterocycles. The van der Waals surface area contributed by atoms with Crippen LogP contribution in [0.1, 0.15) is 30.0 Å². The first-order valence-electron chi connectivity index (χ1n) is 8.47. The number of hydrogen-bond acceptors (Lipinski definition) is 0. The van der Waals surface area contributed by atoms with Gasteiger partial charge in [-0.2, -0.15) is 0 Å². The van der Waals surface area contributed by atoms with Gasteiger partial charge in [0.1, 0.15) is 5.82 Å². The Hall–Kier alpha value is -2.55. The normalized spacial score (nSPS) is 12.2. The molecule has 1 aliphatic rings. The van der Waals surface area contributed by atoms with Gasteiger partial charge in [0.05, 0.1) is 0 Å². The zero-order valence-electron chi connectivity index (χ0n) is 13.9. The van der Waals surface area contributed by atoms with Crippen molar-refractivity contribution in [1.82, 2.24) is 0 Å². The predicted molar refractivity (Wildman–Crippen MR) is 94.0 cm³/mol. The Balaban J connectivity index is 1.79. The fourth-order valence-corrected chi connectivity index (χ4v) is 3.62. The van der Waals surface area contributed by atoms with Gasteiger partial charge in [-0.1, -0.05) is 49.7 Å². The van der Waals surface area contributed by atoms with Crippen LogP contribution in [-0.2, 0) is 12.8 Å². The largest absolute Gasteiger partial charge is 0.206 e. The van der Waals surface area contributed by atoms with Crippen molar-refractivity contribution in [2.24, 2.45) is 0 Å². The third kappa shape index (κ3) is 2.64. The topological polar surface area (TPSA) is 0 Å². The molecule has 25 heavy (non-hydrogen) atoms. The van der Waals surface area contributed by atoms with E-state index in [0.717, 1.165) is 41.7 Å². The van der Waals surface area contributed by atoms with Crippen LogP contribution in [0.4, 0.5) is 13.2 Å². The summed E-state index contributed by atoms with van der Waals surface area (Å²) in [6.07, 6.45) is 2.61. The SMILES string of the molecule is CCCc1ccc2c(c1)Cc1c-2ccc(-c2ccc(F)c(F)c2)c1F. The highest BCUT2D eigenvalue weighted by atomic mass is 19.2. The van der Waals surface area contributed by atoms with Crippen LogP contribution in [0, 0.1) is 17.5 Å². The summed E-state index contributed by atoms with van der Waals surface area (Å²) in [5, 5.41) is 0. The molecule has 3 heteroatoms. The van der Waals surface area contributed by atoms with Crippen LogP contribution in [0.15, 0.2) is 48.5 Å². The molecule has 0 amide bonds. The van der Waals surface area contributed by atoms with Crippen LogP contribution < -0.4 is 0 Å². The molecule has 0 N–H and O–H groups in total. The maximum atomic E-state index is 15.1. The van der Waals surface area contributed by atoms with Gasteiger partial charge in [-0.05, 0) is 46.4 Å². The lowest BCUT2D eigenvalue weighted by atomic mass is 9.98. The average molecular weight is 338 g/mol. The molecule has 0 bridgehead atoms. The van der Waals surface area contributed by atoms with Crippen molar-refractivity contribution in [3.8, 4) is 22.3 Å². The summed E-state index contributed by atoms with van der Waals surface area (Å²) in [5.41, 5.74) is 5.62. The molecule has 0 saturated carbocycles. The Morgan fingerprint density at radius 2 is 1.56 bits per heavy atom. The second-order valence-electron chi connectivity index (χ2n) is 6.50. The highest BCUT2D eigenvalue weighted by Gasteiger charge is 2.24. The first kappa shape index (κ1) is 15.9. The monoisotopic (exact) mass is 338 g/mol. The van der Waals surface area contributed by atoms with Crippen LogP contribution in [0.25, 0.3) is 22.3 Å². The van der Waals surface area contributed by atoms with E-state index in [1.807, 2.05) is 6.07 Å². The van der Waals surface area contributed by atoms with E-state index in [0.29, 0.717) is 23.1 Å². The minimum absolute atomic E-state index is 0.305. The Bertz CT molecular complexity index is 973. The minimum Gasteiger partial charge on any atom is -0.206 e. The quantitative estimate of drug-likeness (QED) is 0.411. The molecule has 3 aromatic rings. The van der Waals surface area contributed by atoms with Gasteiger partial charge in [-0.15, -0.1) is 0 Å². The molecule has 0 aromatic heterocycles. The van der Waals surface area contributed by atoms with Gasteiger partial charge in [-0.3, -0.25) is 0 Å². The van der Waals surface area contributed by atoms with Crippen LogP contribution in [-0.4, -0.2) is 0 Å². The molecule has 0 heterocycles. The molecule has 3 aromatic carbocycles. The first-order chi connectivity index (χ1) is 12.1. The van der Waals surface area contributed by atoms with E-state index in [2.05, 4.69) is 25.1 Å². The lowest BCUT2D eigenvalue weighted by Crippen LogP contribution is -1.94. The Morgan fingerprint density at radius 3 is 2.32 bits per heavy atom. The van der Waals surface area contributed by atoms with Crippen molar-refractivity contribution in [3.63, 3.8) is 0 Å². The summed E-state index contributed by atoms with van der Waals surface area (Å²) in [4.78, 5) is 0. The molecule has 0 spiro atoms. The fourth-order valence-electron chi connectivity index (χ4n) is 3.62. The standard InChI is InChI=1S/C22H17F3/c1-2-3-13-4-6-16-15(10-13)11-19-18(16)8-7-17(22(19)25)14-5-9-20(23)21(24)12-14/h4-10,12H,2-3,11H2,1H3. The zero-order chi connectivity index (χ0) is 17.6. The first-order valence-corrected chi connectivity index (χ1v) is 8.47. The Labute approximate surface area is 144 Å². The molecular weight excluding hydrogens is 321 g/mol. The van der Waals surface area contributed by atoms with Gasteiger partial charge in [0.15, 0.2) is 11.6 Å². The van der Waals surface area contributed by atoms with Crippen LogP contribution >= 0.6 is 0 Å². The lowest BCUT2D eigenvalue weighted by molar-refractivity contribution is 0.509. The Morgan fingerprint density at radius 1 is 0.800 bits per heavy atom. The summed E-state index contributed by atoms with van der Waals surface area (Å²) in [7, 11) is 0. The second kappa shape index (κ2) is 6.07. The fraction of sp³-hybridized carbons (Fsp3) is 0.182. The molecule has 0 atom stereocenters. The summed E-state index contributed by atoms with van der Waals surface area (Å²) in [5.74, 6) is -2.25. The molecule has 4 rings (SSSR count). The smallest absolute Gasteiger partial charge is 0.159 e. The van der Waals surface area contributed by atoms with Crippen molar-refractivity contribution in [1.29, 1.82) is 0 Å². The third-order valence-corrected chi connectivity index (χ3v) is 4.84. The zero-order valence-corrected chi connectivity index (χ0v) is 13.9. The van der Waals surface area contributed by atoms with Gasteiger partial charge in [0.25, 0.3) is 0 Å². The molecule has 0 unspecified atom stereocenters. The number of aryl methyl sites for hydroxylation is 1. The van der Waals surface area contributed by atoms with Crippen molar-refractivity contribution >= 4 is 0 Å². The summed E-state index contributed by atoms with van der Waals surface area (Å²) < 4.78 is 41.7. The van der Waals surface area contributed by atoms with Crippen molar-refractivity contribution in [2.45, 2.75) is 26.2 Å². The summed E-state index contributed by atoms with van der Waals surface area (Å²) in [6.45, 7) is 2.13. The number of fused-ring (bicyclic) bond motifs is 3. The van der Waals surface area contributed by atoms with E-state index < -0.39 is 11.6 Å². The summed E-state index contributed by atoms with van der Waals surface area (Å²) in [6, 6.07) is 13.3. The van der Waals surface area contributed by atoms with Gasteiger partial charge < -0.3 is 0 Å².